The Morgan fingerprint density at radius 1 is 1.31 bits per heavy atom. The average molecular weight is 435 g/mol. The molecule has 29 heavy (non-hydrogen) atoms. The highest BCUT2D eigenvalue weighted by Gasteiger charge is 2.35. The van der Waals surface area contributed by atoms with E-state index in [1.165, 1.54) is 29.7 Å². The standard InChI is InChI=1S/C20H19FN2O4S2/c21-15-4-1-3-14(9-15)20-22-16(12-28-20)10-19(24)23(11-18-5-2-7-27-18)17-6-8-29(25,26)13-17/h1-5,7,9,12,17H,6,8,10-11,13H2/t17-/m0/s1. The van der Waals surface area contributed by atoms with E-state index in [4.69, 9.17) is 4.42 Å². The monoisotopic (exact) mass is 434 g/mol. The van der Waals surface area contributed by atoms with Crippen LogP contribution in [0.15, 0.2) is 52.5 Å². The molecule has 1 atom stereocenters. The smallest absolute Gasteiger partial charge is 0.229 e. The van der Waals surface area contributed by atoms with Crippen molar-refractivity contribution in [2.24, 2.45) is 0 Å². The number of furan rings is 1. The van der Waals surface area contributed by atoms with Crippen LogP contribution in [0.2, 0.25) is 0 Å². The highest BCUT2D eigenvalue weighted by atomic mass is 32.2. The molecule has 0 saturated carbocycles. The minimum Gasteiger partial charge on any atom is -0.467 e. The highest BCUT2D eigenvalue weighted by Crippen LogP contribution is 2.26. The summed E-state index contributed by atoms with van der Waals surface area (Å²) in [5, 5.41) is 2.41. The van der Waals surface area contributed by atoms with Crippen LogP contribution in [0.1, 0.15) is 17.9 Å². The molecule has 9 heteroatoms. The molecule has 1 aromatic carbocycles. The fourth-order valence-electron chi connectivity index (χ4n) is 3.41. The second kappa shape index (κ2) is 8.08. The van der Waals surface area contributed by atoms with Gasteiger partial charge in [-0.25, -0.2) is 17.8 Å². The first-order valence-corrected chi connectivity index (χ1v) is 11.8. The van der Waals surface area contributed by atoms with Gasteiger partial charge < -0.3 is 9.32 Å². The molecule has 0 aliphatic carbocycles. The summed E-state index contributed by atoms with van der Waals surface area (Å²) in [5.41, 5.74) is 1.23. The van der Waals surface area contributed by atoms with Gasteiger partial charge in [0, 0.05) is 17.0 Å². The Labute approximate surface area is 171 Å². The van der Waals surface area contributed by atoms with Crippen molar-refractivity contribution in [1.82, 2.24) is 9.88 Å². The number of hydrogen-bond donors (Lipinski definition) is 0. The highest BCUT2D eigenvalue weighted by molar-refractivity contribution is 7.91. The summed E-state index contributed by atoms with van der Waals surface area (Å²) >= 11 is 1.34. The average Bonchev–Trinajstić information content (AvgIpc) is 3.41. The Bertz CT molecular complexity index is 1110. The van der Waals surface area contributed by atoms with Gasteiger partial charge in [-0.15, -0.1) is 11.3 Å². The summed E-state index contributed by atoms with van der Waals surface area (Å²) in [6.07, 6.45) is 1.98. The summed E-state index contributed by atoms with van der Waals surface area (Å²) in [6, 6.07) is 9.26. The van der Waals surface area contributed by atoms with Crippen LogP contribution in [0.5, 0.6) is 0 Å². The second-order valence-electron chi connectivity index (χ2n) is 6.99. The molecule has 3 heterocycles. The van der Waals surface area contributed by atoms with E-state index in [0.29, 0.717) is 28.4 Å². The lowest BCUT2D eigenvalue weighted by atomic mass is 10.1. The molecule has 2 aromatic heterocycles. The minimum atomic E-state index is -3.14. The van der Waals surface area contributed by atoms with Gasteiger partial charge in [0.15, 0.2) is 9.84 Å². The van der Waals surface area contributed by atoms with Crippen molar-refractivity contribution in [3.8, 4) is 10.6 Å². The summed E-state index contributed by atoms with van der Waals surface area (Å²) in [7, 11) is -3.14. The van der Waals surface area contributed by atoms with Crippen LogP contribution in [-0.4, -0.2) is 41.8 Å². The number of rotatable bonds is 6. The van der Waals surface area contributed by atoms with E-state index in [9.17, 15) is 17.6 Å². The van der Waals surface area contributed by atoms with Crippen LogP contribution in [0.3, 0.4) is 0 Å². The zero-order valence-corrected chi connectivity index (χ0v) is 17.1. The summed E-state index contributed by atoms with van der Waals surface area (Å²) in [5.74, 6) is 0.0915. The number of hydrogen-bond acceptors (Lipinski definition) is 6. The van der Waals surface area contributed by atoms with E-state index in [-0.39, 0.29) is 42.2 Å². The van der Waals surface area contributed by atoms with E-state index in [1.807, 2.05) is 0 Å². The first-order chi connectivity index (χ1) is 13.9. The molecular formula is C20H19FN2O4S2. The zero-order valence-electron chi connectivity index (χ0n) is 15.5. The largest absolute Gasteiger partial charge is 0.467 e. The third kappa shape index (κ3) is 4.73. The lowest BCUT2D eigenvalue weighted by molar-refractivity contribution is -0.133. The van der Waals surface area contributed by atoms with Gasteiger partial charge >= 0.3 is 0 Å². The fraction of sp³-hybridized carbons (Fsp3) is 0.300. The van der Waals surface area contributed by atoms with Gasteiger partial charge in [0.2, 0.25) is 5.91 Å². The number of amides is 1. The minimum absolute atomic E-state index is 0.0367. The quantitative estimate of drug-likeness (QED) is 0.595. The van der Waals surface area contributed by atoms with Crippen molar-refractivity contribution in [3.63, 3.8) is 0 Å². The van der Waals surface area contributed by atoms with Gasteiger partial charge in [-0.1, -0.05) is 12.1 Å². The summed E-state index contributed by atoms with van der Waals surface area (Å²) in [6.45, 7) is 0.215. The molecule has 152 valence electrons. The maximum Gasteiger partial charge on any atom is 0.229 e. The number of carbonyl (C=O) groups is 1. The maximum atomic E-state index is 13.4. The molecule has 0 spiro atoms. The Balaban J connectivity index is 1.52. The molecule has 1 amide bonds. The van der Waals surface area contributed by atoms with Gasteiger partial charge in [-0.05, 0) is 30.7 Å². The first-order valence-electron chi connectivity index (χ1n) is 9.12. The summed E-state index contributed by atoms with van der Waals surface area (Å²) < 4.78 is 42.6. The van der Waals surface area contributed by atoms with Crippen LogP contribution in [0.4, 0.5) is 4.39 Å². The van der Waals surface area contributed by atoms with Crippen molar-refractivity contribution < 1.29 is 22.0 Å². The van der Waals surface area contributed by atoms with Gasteiger partial charge in [-0.2, -0.15) is 0 Å². The SMILES string of the molecule is O=C(Cc1csc(-c2cccc(F)c2)n1)N(Cc1ccco1)[C@H]1CCS(=O)(=O)C1. The number of sulfone groups is 1. The van der Waals surface area contributed by atoms with Gasteiger partial charge in [-0.3, -0.25) is 4.79 Å². The van der Waals surface area contributed by atoms with Gasteiger partial charge in [0.1, 0.15) is 16.6 Å². The zero-order chi connectivity index (χ0) is 20.4. The number of nitrogens with zero attached hydrogens (tertiary/aromatic N) is 2. The Hall–Kier alpha value is -2.52. The van der Waals surface area contributed by atoms with Crippen LogP contribution in [0.25, 0.3) is 10.6 Å². The van der Waals surface area contributed by atoms with Crippen LogP contribution < -0.4 is 0 Å². The third-order valence-corrected chi connectivity index (χ3v) is 7.52. The molecule has 1 aliphatic heterocycles. The molecule has 6 nitrogen and oxygen atoms in total. The van der Waals surface area contributed by atoms with Crippen LogP contribution >= 0.6 is 11.3 Å². The lowest BCUT2D eigenvalue weighted by Crippen LogP contribution is -2.41. The topological polar surface area (TPSA) is 80.5 Å². The van der Waals surface area contributed by atoms with Crippen LogP contribution in [0, 0.1) is 5.82 Å². The van der Waals surface area contributed by atoms with Crippen molar-refractivity contribution in [3.05, 3.63) is 65.3 Å². The molecule has 0 radical (unpaired) electrons. The molecule has 0 unspecified atom stereocenters. The van der Waals surface area contributed by atoms with E-state index in [1.54, 1.807) is 34.5 Å². The lowest BCUT2D eigenvalue weighted by Gasteiger charge is -2.27. The molecule has 1 saturated heterocycles. The molecule has 0 bridgehead atoms. The Morgan fingerprint density at radius 2 is 2.17 bits per heavy atom. The molecule has 1 fully saturated rings. The molecular weight excluding hydrogens is 415 g/mol. The van der Waals surface area contributed by atoms with Crippen molar-refractivity contribution >= 4 is 27.1 Å². The predicted molar refractivity (Wildman–Crippen MR) is 108 cm³/mol. The third-order valence-electron chi connectivity index (χ3n) is 4.83. The molecule has 0 N–H and O–H groups in total. The number of aromatic nitrogens is 1. The van der Waals surface area contributed by atoms with Gasteiger partial charge in [0.25, 0.3) is 0 Å². The number of benzene rings is 1. The number of carbonyl (C=O) groups excluding carboxylic acids is 1. The van der Waals surface area contributed by atoms with Crippen molar-refractivity contribution in [2.45, 2.75) is 25.4 Å². The summed E-state index contributed by atoms with van der Waals surface area (Å²) in [4.78, 5) is 19.1. The normalized spacial score (nSPS) is 18.0. The maximum absolute atomic E-state index is 13.4. The molecule has 3 aromatic rings. The van der Waals surface area contributed by atoms with Crippen molar-refractivity contribution in [1.29, 1.82) is 0 Å². The van der Waals surface area contributed by atoms with Gasteiger partial charge in [0.05, 0.1) is 36.4 Å². The van der Waals surface area contributed by atoms with E-state index >= 15 is 0 Å². The van der Waals surface area contributed by atoms with E-state index in [0.717, 1.165) is 0 Å². The van der Waals surface area contributed by atoms with Crippen molar-refractivity contribution in [2.75, 3.05) is 11.5 Å². The van der Waals surface area contributed by atoms with E-state index < -0.39 is 9.84 Å². The molecule has 4 rings (SSSR count). The first kappa shape index (κ1) is 19.8. The molecule has 1 aliphatic rings. The van der Waals surface area contributed by atoms with E-state index in [2.05, 4.69) is 4.98 Å². The Morgan fingerprint density at radius 3 is 2.86 bits per heavy atom. The predicted octanol–water partition coefficient (Wildman–Crippen LogP) is 3.30. The second-order valence-corrected chi connectivity index (χ2v) is 10.1. The van der Waals surface area contributed by atoms with Crippen LogP contribution in [-0.2, 0) is 27.6 Å². The number of halogens is 1. The fourth-order valence-corrected chi connectivity index (χ4v) is 5.96. The Kier molecular flexibility index (Phi) is 5.51. The number of thiazole rings is 1.